The molecule has 5 nitrogen and oxygen atoms in total. The van der Waals surface area contributed by atoms with Crippen LogP contribution in [0.15, 0.2) is 48.7 Å². The third-order valence-corrected chi connectivity index (χ3v) is 2.47. The van der Waals surface area contributed by atoms with Crippen LogP contribution in [0.5, 0.6) is 0 Å². The Morgan fingerprint density at radius 3 is 2.47 bits per heavy atom. The van der Waals surface area contributed by atoms with Crippen molar-refractivity contribution in [2.24, 2.45) is 0 Å². The Labute approximate surface area is 110 Å². The Balaban J connectivity index is 1.96. The molecule has 0 saturated heterocycles. The molecule has 0 radical (unpaired) electrons. The number of nitrogens with one attached hydrogen (secondary N) is 2. The largest absolute Gasteiger partial charge is 0.288 e. The van der Waals surface area contributed by atoms with Crippen LogP contribution in [0.3, 0.4) is 0 Å². The van der Waals surface area contributed by atoms with Crippen LogP contribution in [0.4, 0.5) is 0 Å². The zero-order valence-corrected chi connectivity index (χ0v) is 10.4. The number of carbonyl (C=O) groups is 2. The molecule has 2 aromatic rings. The fraction of sp³-hybridized carbons (Fsp3) is 0.0714. The lowest BCUT2D eigenvalue weighted by molar-refractivity contribution is 0.0844. The second kappa shape index (κ2) is 5.77. The van der Waals surface area contributed by atoms with Crippen molar-refractivity contribution in [1.29, 1.82) is 0 Å². The minimum absolute atomic E-state index is 0.243. The van der Waals surface area contributed by atoms with Gasteiger partial charge in [-0.2, -0.15) is 0 Å². The summed E-state index contributed by atoms with van der Waals surface area (Å²) in [5.41, 5.74) is 6.37. The molecule has 1 aromatic carbocycles. The molecule has 0 bridgehead atoms. The first kappa shape index (κ1) is 12.8. The average molecular weight is 255 g/mol. The summed E-state index contributed by atoms with van der Waals surface area (Å²) in [6.07, 6.45) is 1.51. The van der Waals surface area contributed by atoms with Gasteiger partial charge in [-0.3, -0.25) is 25.4 Å². The standard InChI is InChI=1S/C14H13N3O2/c1-10-5-4-6-11(9-10)13(18)16-17-14(19)12-7-2-3-8-15-12/h2-9H,1H3,(H,16,18)(H,17,19). The van der Waals surface area contributed by atoms with Gasteiger partial charge < -0.3 is 0 Å². The van der Waals surface area contributed by atoms with Crippen molar-refractivity contribution in [2.75, 3.05) is 0 Å². The van der Waals surface area contributed by atoms with Gasteiger partial charge in [-0.05, 0) is 31.2 Å². The van der Waals surface area contributed by atoms with E-state index in [1.54, 1.807) is 36.4 Å². The highest BCUT2D eigenvalue weighted by molar-refractivity contribution is 5.98. The first-order chi connectivity index (χ1) is 9.16. The lowest BCUT2D eigenvalue weighted by atomic mass is 10.1. The highest BCUT2D eigenvalue weighted by atomic mass is 16.2. The molecule has 0 spiro atoms. The zero-order chi connectivity index (χ0) is 13.7. The molecule has 0 saturated carbocycles. The topological polar surface area (TPSA) is 71.1 Å². The van der Waals surface area contributed by atoms with E-state index in [4.69, 9.17) is 0 Å². The molecule has 2 amide bonds. The van der Waals surface area contributed by atoms with Gasteiger partial charge in [0.2, 0.25) is 0 Å². The summed E-state index contributed by atoms with van der Waals surface area (Å²) in [7, 11) is 0. The molecule has 2 rings (SSSR count). The second-order valence-corrected chi connectivity index (χ2v) is 3.99. The van der Waals surface area contributed by atoms with Crippen molar-refractivity contribution in [3.63, 3.8) is 0 Å². The van der Waals surface area contributed by atoms with Gasteiger partial charge in [0.25, 0.3) is 11.8 Å². The van der Waals surface area contributed by atoms with Crippen molar-refractivity contribution in [2.45, 2.75) is 6.92 Å². The number of aromatic nitrogens is 1. The predicted molar refractivity (Wildman–Crippen MR) is 70.3 cm³/mol. The van der Waals surface area contributed by atoms with Gasteiger partial charge >= 0.3 is 0 Å². The predicted octanol–water partition coefficient (Wildman–Crippen LogP) is 1.46. The van der Waals surface area contributed by atoms with E-state index in [-0.39, 0.29) is 11.6 Å². The number of hydrazine groups is 1. The van der Waals surface area contributed by atoms with Crippen molar-refractivity contribution < 1.29 is 9.59 Å². The molecule has 2 N–H and O–H groups in total. The summed E-state index contributed by atoms with van der Waals surface area (Å²) < 4.78 is 0. The summed E-state index contributed by atoms with van der Waals surface area (Å²) in [5.74, 6) is -0.824. The Morgan fingerprint density at radius 2 is 1.79 bits per heavy atom. The molecule has 5 heteroatoms. The lowest BCUT2D eigenvalue weighted by Gasteiger charge is -2.07. The SMILES string of the molecule is Cc1cccc(C(=O)NNC(=O)c2ccccn2)c1. The molecule has 96 valence electrons. The maximum atomic E-state index is 11.8. The summed E-state index contributed by atoms with van der Waals surface area (Å²) in [5, 5.41) is 0. The summed E-state index contributed by atoms with van der Waals surface area (Å²) in [6.45, 7) is 1.89. The molecular weight excluding hydrogens is 242 g/mol. The quantitative estimate of drug-likeness (QED) is 0.798. The van der Waals surface area contributed by atoms with Crippen LogP contribution in [0.1, 0.15) is 26.4 Å². The van der Waals surface area contributed by atoms with Crippen molar-refractivity contribution in [1.82, 2.24) is 15.8 Å². The molecule has 0 aliphatic heterocycles. The van der Waals surface area contributed by atoms with Crippen molar-refractivity contribution in [3.05, 3.63) is 65.5 Å². The Bertz CT molecular complexity index is 597. The van der Waals surface area contributed by atoms with Crippen LogP contribution in [0, 0.1) is 6.92 Å². The monoisotopic (exact) mass is 255 g/mol. The number of amides is 2. The molecule has 0 atom stereocenters. The summed E-state index contributed by atoms with van der Waals surface area (Å²) in [6, 6.07) is 12.1. The van der Waals surface area contributed by atoms with E-state index in [9.17, 15) is 9.59 Å². The molecule has 0 aliphatic carbocycles. The maximum Gasteiger partial charge on any atom is 0.288 e. The van der Waals surface area contributed by atoms with E-state index < -0.39 is 5.91 Å². The third kappa shape index (κ3) is 3.38. The van der Waals surface area contributed by atoms with Crippen LogP contribution in [-0.2, 0) is 0 Å². The van der Waals surface area contributed by atoms with Crippen molar-refractivity contribution in [3.8, 4) is 0 Å². The highest BCUT2D eigenvalue weighted by Gasteiger charge is 2.09. The van der Waals surface area contributed by atoms with E-state index >= 15 is 0 Å². The summed E-state index contributed by atoms with van der Waals surface area (Å²) in [4.78, 5) is 27.3. The van der Waals surface area contributed by atoms with Gasteiger partial charge in [-0.25, -0.2) is 0 Å². The number of benzene rings is 1. The number of carbonyl (C=O) groups excluding carboxylic acids is 2. The van der Waals surface area contributed by atoms with Gasteiger partial charge in [0.15, 0.2) is 0 Å². The number of pyridine rings is 1. The molecule has 1 heterocycles. The lowest BCUT2D eigenvalue weighted by Crippen LogP contribution is -2.41. The van der Waals surface area contributed by atoms with Gasteiger partial charge in [-0.15, -0.1) is 0 Å². The zero-order valence-electron chi connectivity index (χ0n) is 10.4. The molecular formula is C14H13N3O2. The fourth-order valence-corrected chi connectivity index (χ4v) is 1.53. The van der Waals surface area contributed by atoms with Crippen LogP contribution in [0.2, 0.25) is 0 Å². The Kier molecular flexibility index (Phi) is 3.87. The molecule has 0 unspecified atom stereocenters. The number of aryl methyl sites for hydroxylation is 1. The van der Waals surface area contributed by atoms with E-state index in [1.165, 1.54) is 6.20 Å². The van der Waals surface area contributed by atoms with Gasteiger partial charge in [-0.1, -0.05) is 23.8 Å². The third-order valence-electron chi connectivity index (χ3n) is 2.47. The molecule has 19 heavy (non-hydrogen) atoms. The van der Waals surface area contributed by atoms with Crippen molar-refractivity contribution >= 4 is 11.8 Å². The summed E-state index contributed by atoms with van der Waals surface area (Å²) >= 11 is 0. The highest BCUT2D eigenvalue weighted by Crippen LogP contribution is 2.03. The molecule has 1 aromatic heterocycles. The minimum Gasteiger partial charge on any atom is -0.267 e. The molecule has 0 aliphatic rings. The second-order valence-electron chi connectivity index (χ2n) is 3.99. The smallest absolute Gasteiger partial charge is 0.267 e. The van der Waals surface area contributed by atoms with E-state index in [0.29, 0.717) is 5.56 Å². The number of nitrogens with zero attached hydrogens (tertiary/aromatic N) is 1. The minimum atomic E-state index is -0.457. The normalized spacial score (nSPS) is 9.74. The van der Waals surface area contributed by atoms with E-state index in [0.717, 1.165) is 5.56 Å². The molecule has 0 fully saturated rings. The van der Waals surface area contributed by atoms with Crippen LogP contribution < -0.4 is 10.9 Å². The number of rotatable bonds is 2. The first-order valence-electron chi connectivity index (χ1n) is 5.75. The van der Waals surface area contributed by atoms with Gasteiger partial charge in [0, 0.05) is 11.8 Å². The Morgan fingerprint density at radius 1 is 1.00 bits per heavy atom. The maximum absolute atomic E-state index is 11.8. The number of hydrogen-bond donors (Lipinski definition) is 2. The van der Waals surface area contributed by atoms with Gasteiger partial charge in [0.05, 0.1) is 0 Å². The number of hydrogen-bond acceptors (Lipinski definition) is 3. The van der Waals surface area contributed by atoms with E-state index in [1.807, 2.05) is 13.0 Å². The van der Waals surface area contributed by atoms with E-state index in [2.05, 4.69) is 15.8 Å². The Hall–Kier alpha value is -2.69. The fourth-order valence-electron chi connectivity index (χ4n) is 1.53. The van der Waals surface area contributed by atoms with Crippen LogP contribution >= 0.6 is 0 Å². The van der Waals surface area contributed by atoms with Crippen LogP contribution in [-0.4, -0.2) is 16.8 Å². The van der Waals surface area contributed by atoms with Crippen LogP contribution in [0.25, 0.3) is 0 Å². The first-order valence-corrected chi connectivity index (χ1v) is 5.75. The average Bonchev–Trinajstić information content (AvgIpc) is 2.45. The van der Waals surface area contributed by atoms with Gasteiger partial charge in [0.1, 0.15) is 5.69 Å².